The summed E-state index contributed by atoms with van der Waals surface area (Å²) in [5.74, 6) is 0.0688. The van der Waals surface area contributed by atoms with Crippen LogP contribution >= 0.6 is 15.9 Å². The van der Waals surface area contributed by atoms with E-state index in [2.05, 4.69) is 26.0 Å². The number of aromatic nitrogens is 3. The Morgan fingerprint density at radius 2 is 1.95 bits per heavy atom. The minimum absolute atomic E-state index is 0.0192. The summed E-state index contributed by atoms with van der Waals surface area (Å²) in [5, 5.41) is 13.1. The fourth-order valence-electron chi connectivity index (χ4n) is 1.69. The number of alkyl halides is 3. The minimum Gasteiger partial charge on any atom is -0.497 e. The maximum atomic E-state index is 12.6. The fraction of sp³-hybridized carbons (Fsp3) is 0.333. The Hall–Kier alpha value is -1.61. The Bertz CT molecular complexity index is 613. The third-order valence-corrected chi connectivity index (χ3v) is 3.06. The van der Waals surface area contributed by atoms with Crippen LogP contribution < -0.4 is 4.74 Å². The topological polar surface area (TPSA) is 60.2 Å². The van der Waals surface area contributed by atoms with Crippen molar-refractivity contribution < 1.29 is 23.0 Å². The van der Waals surface area contributed by atoms with Gasteiger partial charge in [0.15, 0.2) is 5.82 Å². The zero-order valence-electron chi connectivity index (χ0n) is 10.8. The average molecular weight is 366 g/mol. The number of benzene rings is 1. The van der Waals surface area contributed by atoms with Crippen LogP contribution in [0.1, 0.15) is 17.5 Å². The van der Waals surface area contributed by atoms with E-state index in [1.807, 2.05) is 0 Å². The predicted octanol–water partition coefficient (Wildman–Crippen LogP) is 2.69. The number of aliphatic hydroxyl groups is 1. The van der Waals surface area contributed by atoms with Gasteiger partial charge in [-0.1, -0.05) is 12.1 Å². The maximum absolute atomic E-state index is 12.6. The zero-order chi connectivity index (χ0) is 15.6. The summed E-state index contributed by atoms with van der Waals surface area (Å²) in [5.41, 5.74) is 0.698. The third-order valence-electron chi connectivity index (χ3n) is 2.72. The van der Waals surface area contributed by atoms with Gasteiger partial charge in [-0.05, 0) is 33.6 Å². The van der Waals surface area contributed by atoms with E-state index in [1.54, 1.807) is 24.3 Å². The molecule has 0 amide bonds. The molecule has 2 rings (SSSR count). The quantitative estimate of drug-likeness (QED) is 0.904. The molecule has 1 aromatic carbocycles. The van der Waals surface area contributed by atoms with Gasteiger partial charge in [-0.3, -0.25) is 0 Å². The van der Waals surface area contributed by atoms with Crippen LogP contribution in [0.25, 0.3) is 0 Å². The number of aliphatic hydroxyl groups excluding tert-OH is 1. The number of methoxy groups -OCH3 is 1. The van der Waals surface area contributed by atoms with Gasteiger partial charge in [0.1, 0.15) is 5.75 Å². The first kappa shape index (κ1) is 15.8. The van der Waals surface area contributed by atoms with E-state index in [4.69, 9.17) is 4.74 Å². The molecule has 0 aliphatic rings. The van der Waals surface area contributed by atoms with Crippen LogP contribution in [-0.4, -0.2) is 33.2 Å². The second-order valence-electron chi connectivity index (χ2n) is 4.19. The lowest BCUT2D eigenvalue weighted by molar-refractivity contribution is -0.210. The fourth-order valence-corrected chi connectivity index (χ4v) is 2.07. The van der Waals surface area contributed by atoms with Gasteiger partial charge >= 0.3 is 6.18 Å². The maximum Gasteiger partial charge on any atom is 0.421 e. The molecule has 0 aliphatic carbocycles. The van der Waals surface area contributed by atoms with Crippen molar-refractivity contribution in [3.63, 3.8) is 0 Å². The van der Waals surface area contributed by atoms with Crippen LogP contribution in [0.2, 0.25) is 0 Å². The molecule has 1 aromatic heterocycles. The molecule has 114 valence electrons. The third kappa shape index (κ3) is 3.73. The molecule has 21 heavy (non-hydrogen) atoms. The highest BCUT2D eigenvalue weighted by Gasteiger charge is 2.42. The molecule has 2 aromatic rings. The molecule has 0 radical (unpaired) electrons. The van der Waals surface area contributed by atoms with Crippen LogP contribution in [0.5, 0.6) is 5.75 Å². The molecule has 0 bridgehead atoms. The SMILES string of the molecule is COc1ccc(Cn2nc(Br)nc2C(O)C(F)(F)F)cc1. The predicted molar refractivity (Wildman–Crippen MR) is 70.8 cm³/mol. The van der Waals surface area contributed by atoms with Crippen molar-refractivity contribution in [1.82, 2.24) is 14.8 Å². The second-order valence-corrected chi connectivity index (χ2v) is 4.90. The molecule has 0 spiro atoms. The standard InChI is InChI=1S/C12H11BrF3N3O2/c1-21-8-4-2-7(3-5-8)6-19-10(17-11(13)18-19)9(20)12(14,15)16/h2-5,9,20H,6H2,1H3. The smallest absolute Gasteiger partial charge is 0.421 e. The Labute approximate surface area is 126 Å². The number of hydrogen-bond acceptors (Lipinski definition) is 4. The van der Waals surface area contributed by atoms with Crippen LogP contribution in [0.4, 0.5) is 13.2 Å². The summed E-state index contributed by atoms with van der Waals surface area (Å²) >= 11 is 2.91. The molecular formula is C12H11BrF3N3O2. The summed E-state index contributed by atoms with van der Waals surface area (Å²) in [6.07, 6.45) is -7.49. The minimum atomic E-state index is -4.80. The Kier molecular flexibility index (Phi) is 4.52. The van der Waals surface area contributed by atoms with Crippen molar-refractivity contribution >= 4 is 15.9 Å². The lowest BCUT2D eigenvalue weighted by Crippen LogP contribution is -2.24. The molecule has 5 nitrogen and oxygen atoms in total. The Balaban J connectivity index is 2.27. The highest BCUT2D eigenvalue weighted by Crippen LogP contribution is 2.32. The number of ether oxygens (including phenoxy) is 1. The summed E-state index contributed by atoms with van der Waals surface area (Å²) < 4.78 is 43.8. The van der Waals surface area contributed by atoms with E-state index < -0.39 is 18.1 Å². The normalized spacial score (nSPS) is 13.2. The molecule has 1 N–H and O–H groups in total. The average Bonchev–Trinajstić information content (AvgIpc) is 2.78. The highest BCUT2D eigenvalue weighted by molar-refractivity contribution is 9.10. The van der Waals surface area contributed by atoms with E-state index in [0.29, 0.717) is 11.3 Å². The number of halogens is 4. The summed E-state index contributed by atoms with van der Waals surface area (Å²) in [6, 6.07) is 6.75. The first-order chi connectivity index (χ1) is 9.81. The van der Waals surface area contributed by atoms with Crippen LogP contribution in [0.3, 0.4) is 0 Å². The highest BCUT2D eigenvalue weighted by atomic mass is 79.9. The van der Waals surface area contributed by atoms with Crippen LogP contribution in [0, 0.1) is 0 Å². The van der Waals surface area contributed by atoms with Crippen molar-refractivity contribution in [2.75, 3.05) is 7.11 Å². The summed E-state index contributed by atoms with van der Waals surface area (Å²) in [7, 11) is 1.52. The molecule has 0 aliphatic heterocycles. The number of hydrogen-bond donors (Lipinski definition) is 1. The van der Waals surface area contributed by atoms with Gasteiger partial charge in [-0.2, -0.15) is 13.2 Å². The van der Waals surface area contributed by atoms with Gasteiger partial charge < -0.3 is 9.84 Å². The number of nitrogens with zero attached hydrogens (tertiary/aromatic N) is 3. The Morgan fingerprint density at radius 3 is 2.48 bits per heavy atom. The van der Waals surface area contributed by atoms with Gasteiger partial charge in [-0.25, -0.2) is 9.67 Å². The van der Waals surface area contributed by atoms with E-state index in [1.165, 1.54) is 7.11 Å². The largest absolute Gasteiger partial charge is 0.497 e. The van der Waals surface area contributed by atoms with Crippen molar-refractivity contribution in [3.8, 4) is 5.75 Å². The van der Waals surface area contributed by atoms with Crippen molar-refractivity contribution in [1.29, 1.82) is 0 Å². The van der Waals surface area contributed by atoms with Gasteiger partial charge in [0.2, 0.25) is 10.8 Å². The van der Waals surface area contributed by atoms with Crippen molar-refractivity contribution in [2.45, 2.75) is 18.8 Å². The first-order valence-corrected chi connectivity index (χ1v) is 6.58. The zero-order valence-corrected chi connectivity index (χ0v) is 12.4. The lowest BCUT2D eigenvalue weighted by Gasteiger charge is -2.14. The lowest BCUT2D eigenvalue weighted by atomic mass is 10.2. The van der Waals surface area contributed by atoms with Gasteiger partial charge in [0, 0.05) is 0 Å². The molecule has 0 fully saturated rings. The van der Waals surface area contributed by atoms with Crippen LogP contribution in [0.15, 0.2) is 29.0 Å². The summed E-state index contributed by atoms with van der Waals surface area (Å²) in [4.78, 5) is 3.58. The van der Waals surface area contributed by atoms with Crippen molar-refractivity contribution in [2.24, 2.45) is 0 Å². The van der Waals surface area contributed by atoms with E-state index >= 15 is 0 Å². The monoisotopic (exact) mass is 365 g/mol. The van der Waals surface area contributed by atoms with E-state index in [9.17, 15) is 18.3 Å². The molecule has 1 unspecified atom stereocenters. The molecule has 0 saturated carbocycles. The van der Waals surface area contributed by atoms with Gasteiger partial charge in [0.05, 0.1) is 13.7 Å². The molecule has 1 heterocycles. The summed E-state index contributed by atoms with van der Waals surface area (Å²) in [6.45, 7) is 0.0467. The molecule has 9 heteroatoms. The van der Waals surface area contributed by atoms with Gasteiger partial charge in [0.25, 0.3) is 0 Å². The van der Waals surface area contributed by atoms with Crippen molar-refractivity contribution in [3.05, 3.63) is 40.4 Å². The van der Waals surface area contributed by atoms with Crippen LogP contribution in [-0.2, 0) is 6.54 Å². The van der Waals surface area contributed by atoms with E-state index in [0.717, 1.165) is 4.68 Å². The Morgan fingerprint density at radius 1 is 1.33 bits per heavy atom. The molecular weight excluding hydrogens is 355 g/mol. The molecule has 0 saturated heterocycles. The number of rotatable bonds is 4. The van der Waals surface area contributed by atoms with Gasteiger partial charge in [-0.15, -0.1) is 5.10 Å². The second kappa shape index (κ2) is 6.02. The van der Waals surface area contributed by atoms with E-state index in [-0.39, 0.29) is 11.3 Å². The first-order valence-electron chi connectivity index (χ1n) is 5.79. The molecule has 1 atom stereocenters.